The molecule has 2 aromatic carbocycles. The highest BCUT2D eigenvalue weighted by atomic mass is 79.9. The van der Waals surface area contributed by atoms with E-state index in [2.05, 4.69) is 21.2 Å². The fourth-order valence-corrected chi connectivity index (χ4v) is 4.45. The first-order chi connectivity index (χ1) is 16.7. The lowest BCUT2D eigenvalue weighted by molar-refractivity contribution is -0.149. The van der Waals surface area contributed by atoms with Gasteiger partial charge >= 0.3 is 5.97 Å². The molecule has 0 atom stereocenters. The van der Waals surface area contributed by atoms with E-state index in [0.29, 0.717) is 27.2 Å². The summed E-state index contributed by atoms with van der Waals surface area (Å²) in [4.78, 5) is 50.0. The number of hydrogen-bond donors (Lipinski definition) is 1. The topological polar surface area (TPSA) is 111 Å². The Hall–Kier alpha value is -3.31. The Morgan fingerprint density at radius 2 is 1.89 bits per heavy atom. The SMILES string of the molecule is COc1cc(/C=C2/SC(=O)N(CC(=O)OC(C)C)C2=O)cc(Br)c1OCC(=O)Nc1ccccc1. The summed E-state index contributed by atoms with van der Waals surface area (Å²) < 4.78 is 16.5. The number of anilines is 1. The number of esters is 1. The van der Waals surface area contributed by atoms with Crippen molar-refractivity contribution in [3.05, 3.63) is 57.4 Å². The summed E-state index contributed by atoms with van der Waals surface area (Å²) in [6.45, 7) is 2.65. The molecule has 0 unspecified atom stereocenters. The van der Waals surface area contributed by atoms with Gasteiger partial charge in [-0.25, -0.2) is 0 Å². The molecule has 0 aliphatic carbocycles. The summed E-state index contributed by atoms with van der Waals surface area (Å²) in [5.41, 5.74) is 1.19. The Kier molecular flexibility index (Phi) is 8.94. The molecule has 11 heteroatoms. The lowest BCUT2D eigenvalue weighted by Gasteiger charge is -2.14. The number of nitrogens with zero attached hydrogens (tertiary/aromatic N) is 1. The van der Waals surface area contributed by atoms with Crippen LogP contribution in [0.3, 0.4) is 0 Å². The Bertz CT molecular complexity index is 1170. The first kappa shape index (κ1) is 26.3. The molecule has 3 amide bonds. The predicted octanol–water partition coefficient (Wildman–Crippen LogP) is 4.46. The summed E-state index contributed by atoms with van der Waals surface area (Å²) in [6, 6.07) is 12.2. The van der Waals surface area contributed by atoms with Crippen molar-refractivity contribution in [1.29, 1.82) is 0 Å². The van der Waals surface area contributed by atoms with Gasteiger partial charge in [-0.15, -0.1) is 0 Å². The number of halogens is 1. The molecule has 0 spiro atoms. The lowest BCUT2D eigenvalue weighted by Crippen LogP contribution is -2.35. The first-order valence-electron chi connectivity index (χ1n) is 10.5. The van der Waals surface area contributed by atoms with Crippen molar-refractivity contribution < 1.29 is 33.4 Å². The maximum Gasteiger partial charge on any atom is 0.326 e. The molecule has 1 aliphatic heterocycles. The van der Waals surface area contributed by atoms with E-state index in [1.165, 1.54) is 13.2 Å². The quantitative estimate of drug-likeness (QED) is 0.352. The van der Waals surface area contributed by atoms with E-state index in [-0.39, 0.29) is 23.5 Å². The number of amides is 3. The number of hydrogen-bond acceptors (Lipinski definition) is 8. The van der Waals surface area contributed by atoms with E-state index < -0.39 is 23.7 Å². The largest absolute Gasteiger partial charge is 0.493 e. The van der Waals surface area contributed by atoms with Gasteiger partial charge in [-0.05, 0) is 77.4 Å². The second kappa shape index (κ2) is 11.9. The maximum atomic E-state index is 12.7. The third-order valence-electron chi connectivity index (χ3n) is 4.48. The highest BCUT2D eigenvalue weighted by molar-refractivity contribution is 9.10. The molecule has 0 bridgehead atoms. The number of para-hydroxylation sites is 1. The highest BCUT2D eigenvalue weighted by Crippen LogP contribution is 2.39. The van der Waals surface area contributed by atoms with Crippen LogP contribution < -0.4 is 14.8 Å². The van der Waals surface area contributed by atoms with Crippen LogP contribution in [-0.4, -0.2) is 54.3 Å². The molecule has 9 nitrogen and oxygen atoms in total. The van der Waals surface area contributed by atoms with Crippen LogP contribution in [-0.2, 0) is 19.1 Å². The Morgan fingerprint density at radius 3 is 2.54 bits per heavy atom. The molecule has 1 saturated heterocycles. The molecule has 1 aliphatic rings. The van der Waals surface area contributed by atoms with Crippen molar-refractivity contribution in [2.75, 3.05) is 25.6 Å². The van der Waals surface area contributed by atoms with Crippen LogP contribution in [0.5, 0.6) is 11.5 Å². The van der Waals surface area contributed by atoms with Gasteiger partial charge in [0.25, 0.3) is 17.1 Å². The van der Waals surface area contributed by atoms with Gasteiger partial charge < -0.3 is 19.5 Å². The molecule has 1 N–H and O–H groups in total. The molecular formula is C24H23BrN2O7S. The number of methoxy groups -OCH3 is 1. The monoisotopic (exact) mass is 562 g/mol. The minimum Gasteiger partial charge on any atom is -0.493 e. The van der Waals surface area contributed by atoms with Gasteiger partial charge in [0.2, 0.25) is 0 Å². The van der Waals surface area contributed by atoms with E-state index in [4.69, 9.17) is 14.2 Å². The van der Waals surface area contributed by atoms with Gasteiger partial charge in [-0.1, -0.05) is 18.2 Å². The Morgan fingerprint density at radius 1 is 1.17 bits per heavy atom. The smallest absolute Gasteiger partial charge is 0.326 e. The summed E-state index contributed by atoms with van der Waals surface area (Å²) in [5.74, 6) is -0.978. The van der Waals surface area contributed by atoms with Crippen LogP contribution >= 0.6 is 27.7 Å². The van der Waals surface area contributed by atoms with Gasteiger partial charge in [-0.2, -0.15) is 0 Å². The number of rotatable bonds is 9. The van der Waals surface area contributed by atoms with E-state index in [1.54, 1.807) is 50.2 Å². The summed E-state index contributed by atoms with van der Waals surface area (Å²) in [7, 11) is 1.44. The van der Waals surface area contributed by atoms with Crippen LogP contribution in [0, 0.1) is 0 Å². The summed E-state index contributed by atoms with van der Waals surface area (Å²) >= 11 is 4.13. The number of ether oxygens (including phenoxy) is 3. The average Bonchev–Trinajstić information content (AvgIpc) is 3.05. The van der Waals surface area contributed by atoms with Crippen LogP contribution in [0.4, 0.5) is 10.5 Å². The zero-order valence-corrected chi connectivity index (χ0v) is 21.6. The minimum atomic E-state index is -0.661. The normalized spacial score (nSPS) is 14.4. The van der Waals surface area contributed by atoms with Crippen molar-refractivity contribution in [1.82, 2.24) is 4.90 Å². The van der Waals surface area contributed by atoms with Gasteiger partial charge in [0.05, 0.1) is 22.6 Å². The first-order valence-corrected chi connectivity index (χ1v) is 12.1. The molecule has 1 fully saturated rings. The zero-order valence-electron chi connectivity index (χ0n) is 19.2. The molecule has 0 saturated carbocycles. The van der Waals surface area contributed by atoms with Gasteiger partial charge in [0, 0.05) is 5.69 Å². The third kappa shape index (κ3) is 7.09. The van der Waals surface area contributed by atoms with Gasteiger partial charge in [0.1, 0.15) is 6.54 Å². The van der Waals surface area contributed by atoms with E-state index in [1.807, 2.05) is 6.07 Å². The van der Waals surface area contributed by atoms with Crippen LogP contribution in [0.2, 0.25) is 0 Å². The highest BCUT2D eigenvalue weighted by Gasteiger charge is 2.36. The van der Waals surface area contributed by atoms with Crippen LogP contribution in [0.25, 0.3) is 6.08 Å². The van der Waals surface area contributed by atoms with Crippen molar-refractivity contribution in [2.24, 2.45) is 0 Å². The molecular weight excluding hydrogens is 540 g/mol. The molecule has 35 heavy (non-hydrogen) atoms. The van der Waals surface area contributed by atoms with Crippen LogP contribution in [0.1, 0.15) is 19.4 Å². The number of carbonyl (C=O) groups is 4. The molecule has 0 radical (unpaired) electrons. The molecule has 2 aromatic rings. The van der Waals surface area contributed by atoms with Crippen molar-refractivity contribution in [3.63, 3.8) is 0 Å². The Balaban J connectivity index is 1.71. The van der Waals surface area contributed by atoms with Crippen LogP contribution in [0.15, 0.2) is 51.8 Å². The zero-order chi connectivity index (χ0) is 25.5. The van der Waals surface area contributed by atoms with E-state index in [9.17, 15) is 19.2 Å². The van der Waals surface area contributed by atoms with E-state index in [0.717, 1.165) is 16.7 Å². The summed E-state index contributed by atoms with van der Waals surface area (Å²) in [6.07, 6.45) is 1.16. The maximum absolute atomic E-state index is 12.7. The second-order valence-electron chi connectivity index (χ2n) is 7.54. The second-order valence-corrected chi connectivity index (χ2v) is 9.39. The molecule has 0 aromatic heterocycles. The standard InChI is InChI=1S/C24H23BrN2O7S/c1-14(2)34-21(29)12-27-23(30)19(35-24(27)31)11-15-9-17(25)22(18(10-15)32-3)33-13-20(28)26-16-7-5-4-6-8-16/h4-11,14H,12-13H2,1-3H3,(H,26,28)/b19-11+. The van der Waals surface area contributed by atoms with Crippen molar-refractivity contribution >= 4 is 62.5 Å². The predicted molar refractivity (Wildman–Crippen MR) is 135 cm³/mol. The fraction of sp³-hybridized carbons (Fsp3) is 0.250. The molecule has 3 rings (SSSR count). The third-order valence-corrected chi connectivity index (χ3v) is 5.98. The lowest BCUT2D eigenvalue weighted by atomic mass is 10.2. The average molecular weight is 563 g/mol. The number of imide groups is 1. The van der Waals surface area contributed by atoms with Gasteiger partial charge in [-0.3, -0.25) is 24.1 Å². The Labute approximate surface area is 214 Å². The number of thioether (sulfide) groups is 1. The van der Waals surface area contributed by atoms with Crippen molar-refractivity contribution in [3.8, 4) is 11.5 Å². The molecule has 184 valence electrons. The number of nitrogens with one attached hydrogen (secondary N) is 1. The van der Waals surface area contributed by atoms with E-state index >= 15 is 0 Å². The van der Waals surface area contributed by atoms with Gasteiger partial charge in [0.15, 0.2) is 18.1 Å². The number of carbonyl (C=O) groups excluding carboxylic acids is 4. The number of benzene rings is 2. The summed E-state index contributed by atoms with van der Waals surface area (Å²) in [5, 5.41) is 2.17. The fourth-order valence-electron chi connectivity index (χ4n) is 3.04. The van der Waals surface area contributed by atoms with Crippen molar-refractivity contribution in [2.45, 2.75) is 20.0 Å². The minimum absolute atomic E-state index is 0.150. The molecule has 1 heterocycles.